The van der Waals surface area contributed by atoms with Gasteiger partial charge < -0.3 is 15.5 Å². The first-order valence-electron chi connectivity index (χ1n) is 0.908. The van der Waals surface area contributed by atoms with Gasteiger partial charge in [-0.05, 0) is 0 Å². The first kappa shape index (κ1) is 22.9. The molecule has 0 aromatic rings. The van der Waals surface area contributed by atoms with Crippen molar-refractivity contribution in [2.24, 2.45) is 0 Å². The molecule has 8 heavy (non-hydrogen) atoms. The van der Waals surface area contributed by atoms with E-state index in [4.69, 9.17) is 13.0 Å². The number of rotatable bonds is 0. The predicted molar refractivity (Wildman–Crippen MR) is 21.2 cm³/mol. The molecule has 5 nitrogen and oxygen atoms in total. The Balaban J connectivity index is -0.0000000267. The average Bonchev–Trinajstić information content (AvgIpc) is 0.722. The zero-order valence-corrected chi connectivity index (χ0v) is 8.04. The Kier molecular flexibility index (Phi) is 23.5. The minimum Gasteiger partial charge on any atom is -0.870 e. The molecule has 0 fully saturated rings. The monoisotopic (exact) mass is 270 g/mol. The van der Waals surface area contributed by atoms with Crippen LogP contribution in [0.25, 0.3) is 0 Å². The van der Waals surface area contributed by atoms with E-state index in [1.807, 2.05) is 0 Å². The molecule has 0 spiro atoms. The Bertz CT molecular complexity index is 95.6. The van der Waals surface area contributed by atoms with E-state index in [2.05, 4.69) is 0 Å². The van der Waals surface area contributed by atoms with Crippen molar-refractivity contribution in [1.82, 2.24) is 0 Å². The van der Waals surface area contributed by atoms with Crippen LogP contribution in [0.5, 0.6) is 0 Å². The second kappa shape index (κ2) is 8.21. The largest absolute Gasteiger partial charge is 0.870 e. The van der Waals surface area contributed by atoms with Gasteiger partial charge in [-0.25, -0.2) is 8.42 Å². The summed E-state index contributed by atoms with van der Waals surface area (Å²) in [5, 5.41) is 0. The third-order valence-electron chi connectivity index (χ3n) is 0. The third-order valence-corrected chi connectivity index (χ3v) is 0. The van der Waals surface area contributed by atoms with Crippen molar-refractivity contribution in [1.29, 1.82) is 0 Å². The molecule has 0 amide bonds. The van der Waals surface area contributed by atoms with Gasteiger partial charge in [0.25, 0.3) is 0 Å². The predicted octanol–water partition coefficient (Wildman–Crippen LogP) is -1.84. The topological polar surface area (TPSA) is 119 Å². The van der Waals surface area contributed by atoms with Crippen LogP contribution in [0.4, 0.5) is 0 Å². The second-order valence-electron chi connectivity index (χ2n) is 0.704. The molecule has 0 aromatic heterocycles. The molecule has 0 heterocycles. The fourth-order valence-corrected chi connectivity index (χ4v) is 0. The minimum absolute atomic E-state index is 0. The maximum atomic E-state index is 9.08. The molecule has 0 aliphatic carbocycles. The summed E-state index contributed by atoms with van der Waals surface area (Å²) in [6.07, 6.45) is 0.604. The van der Waals surface area contributed by atoms with E-state index in [1.165, 1.54) is 0 Å². The van der Waals surface area contributed by atoms with E-state index < -0.39 is 10.1 Å². The number of hydrogen-bond donors (Lipinski definition) is 0. The quantitative estimate of drug-likeness (QED) is 0.480. The molecule has 0 radical (unpaired) electrons. The van der Waals surface area contributed by atoms with Crippen LogP contribution in [0, 0.1) is 41.7 Å². The summed E-state index contributed by atoms with van der Waals surface area (Å²) in [6, 6.07) is 0. The van der Waals surface area contributed by atoms with Crippen LogP contribution in [-0.2, 0) is 10.1 Å². The summed E-state index contributed by atoms with van der Waals surface area (Å²) in [6.45, 7) is 0. The molecule has 0 rings (SSSR count). The van der Waals surface area contributed by atoms with Gasteiger partial charge in [0.15, 0.2) is 0 Å². The van der Waals surface area contributed by atoms with Crippen molar-refractivity contribution in [2.45, 2.75) is 0 Å². The molecule has 0 aromatic carbocycles. The summed E-state index contributed by atoms with van der Waals surface area (Å²) >= 11 is 0. The van der Waals surface area contributed by atoms with Crippen molar-refractivity contribution in [3.8, 4) is 0 Å². The molecule has 0 aliphatic heterocycles. The van der Waals surface area contributed by atoms with E-state index in [-0.39, 0.29) is 52.7 Å². The Morgan fingerprint density at radius 2 is 1.38 bits per heavy atom. The third kappa shape index (κ3) is 191. The van der Waals surface area contributed by atoms with E-state index in [0.29, 0.717) is 6.26 Å². The fraction of sp³-hybridized carbons (Fsp3) is 1.00. The molecule has 0 saturated heterocycles. The number of hydrogen-bond acceptors (Lipinski definition) is 4. The normalized spacial score (nSPS) is 7.25. The van der Waals surface area contributed by atoms with Gasteiger partial charge in [0.2, 0.25) is 0 Å². The first-order chi connectivity index (χ1) is 2.00. The van der Waals surface area contributed by atoms with Gasteiger partial charge in [-0.15, -0.1) is 0 Å². The Labute approximate surface area is 81.2 Å². The fourth-order valence-electron chi connectivity index (χ4n) is 0. The first-order valence-corrected chi connectivity index (χ1v) is 2.72. The van der Waals surface area contributed by atoms with Gasteiger partial charge >= 0.3 is 0 Å². The van der Waals surface area contributed by atoms with E-state index in [0.717, 1.165) is 0 Å². The van der Waals surface area contributed by atoms with Crippen LogP contribution < -0.4 is 0 Å². The molecule has 52 valence electrons. The van der Waals surface area contributed by atoms with Crippen molar-refractivity contribution < 1.29 is 65.7 Å². The van der Waals surface area contributed by atoms with Crippen LogP contribution in [0.3, 0.4) is 0 Å². The smallest absolute Gasteiger partial charge is 0.0916 e. The van der Waals surface area contributed by atoms with Gasteiger partial charge in [-0.3, -0.25) is 0 Å². The van der Waals surface area contributed by atoms with Crippen LogP contribution in [-0.4, -0.2) is 30.2 Å². The molecule has 0 atom stereocenters. The molecule has 0 unspecified atom stereocenters. The van der Waals surface area contributed by atoms with Crippen LogP contribution in [0.2, 0.25) is 0 Å². The molecular formula is CH6CeO5S-2. The summed E-state index contributed by atoms with van der Waals surface area (Å²) in [5.74, 6) is 0. The standard InChI is InChI=1S/CH4O3S.Ce.2H2O/c1-5(2,3)4;;;/h1H3,(H,2,3,4);;2*1H2/p-2. The maximum absolute atomic E-state index is 9.08. The van der Waals surface area contributed by atoms with Crippen molar-refractivity contribution >= 4 is 10.1 Å². The SMILES string of the molecule is CS(=O)(=O)[O-].O.[Ce].[OH-]. The zero-order valence-electron chi connectivity index (χ0n) is 4.08. The van der Waals surface area contributed by atoms with Crippen molar-refractivity contribution in [2.75, 3.05) is 6.26 Å². The van der Waals surface area contributed by atoms with Crippen molar-refractivity contribution in [3.63, 3.8) is 0 Å². The van der Waals surface area contributed by atoms with Gasteiger partial charge in [0.05, 0.1) is 10.1 Å². The van der Waals surface area contributed by atoms with E-state index >= 15 is 0 Å². The molecule has 0 aliphatic rings. The minimum atomic E-state index is -3.92. The zero-order chi connectivity index (χ0) is 4.50. The summed E-state index contributed by atoms with van der Waals surface area (Å²) < 4.78 is 27.2. The van der Waals surface area contributed by atoms with Crippen LogP contribution >= 0.6 is 0 Å². The molecule has 0 bridgehead atoms. The summed E-state index contributed by atoms with van der Waals surface area (Å²) in [7, 11) is -3.92. The molecular weight excluding hydrogens is 264 g/mol. The summed E-state index contributed by atoms with van der Waals surface area (Å²) in [5.41, 5.74) is 0. The molecule has 3 N–H and O–H groups in total. The van der Waals surface area contributed by atoms with E-state index in [9.17, 15) is 0 Å². The summed E-state index contributed by atoms with van der Waals surface area (Å²) in [4.78, 5) is 0. The maximum Gasteiger partial charge on any atom is 0.0916 e. The van der Waals surface area contributed by atoms with Crippen LogP contribution in [0.15, 0.2) is 0 Å². The van der Waals surface area contributed by atoms with Gasteiger partial charge in [0, 0.05) is 48.0 Å². The Morgan fingerprint density at radius 3 is 1.38 bits per heavy atom. The Hall–Kier alpha value is 1.21. The van der Waals surface area contributed by atoms with Crippen LogP contribution in [0.1, 0.15) is 0 Å². The van der Waals surface area contributed by atoms with Gasteiger partial charge in [-0.2, -0.15) is 0 Å². The van der Waals surface area contributed by atoms with Gasteiger partial charge in [-0.1, -0.05) is 0 Å². The molecule has 0 saturated carbocycles. The average molecular weight is 270 g/mol. The Morgan fingerprint density at radius 1 is 1.38 bits per heavy atom. The van der Waals surface area contributed by atoms with Crippen molar-refractivity contribution in [3.05, 3.63) is 0 Å². The molecule has 7 heteroatoms. The van der Waals surface area contributed by atoms with Gasteiger partial charge in [0.1, 0.15) is 0 Å². The second-order valence-corrected chi connectivity index (χ2v) is 2.11. The van der Waals surface area contributed by atoms with E-state index in [1.54, 1.807) is 0 Å².